The maximum atomic E-state index is 14.7. The van der Waals surface area contributed by atoms with Crippen molar-refractivity contribution in [3.63, 3.8) is 0 Å². The van der Waals surface area contributed by atoms with E-state index in [0.29, 0.717) is 23.8 Å². The fourth-order valence-corrected chi connectivity index (χ4v) is 3.49. The molecule has 0 aliphatic carbocycles. The summed E-state index contributed by atoms with van der Waals surface area (Å²) in [6.45, 7) is 4.83. The highest BCUT2D eigenvalue weighted by Crippen LogP contribution is 2.30. The van der Waals surface area contributed by atoms with Crippen molar-refractivity contribution in [1.29, 1.82) is 0 Å². The molecule has 0 saturated heterocycles. The van der Waals surface area contributed by atoms with E-state index in [9.17, 15) is 4.39 Å². The molecule has 0 amide bonds. The summed E-state index contributed by atoms with van der Waals surface area (Å²) in [5, 5.41) is 0. The first-order valence-electron chi connectivity index (χ1n) is 10.5. The molecule has 4 heteroatoms. The van der Waals surface area contributed by atoms with Gasteiger partial charge in [-0.05, 0) is 60.9 Å². The van der Waals surface area contributed by atoms with Crippen molar-refractivity contribution in [2.24, 2.45) is 0 Å². The SMILES string of the molecule is CCCCCCOc1ccc(-c2ccc(-c3nc4cc(C)ccc4o3)cc2)c(F)c1. The second-order valence-corrected chi connectivity index (χ2v) is 7.62. The molecule has 4 aromatic rings. The lowest BCUT2D eigenvalue weighted by atomic mass is 10.0. The minimum absolute atomic E-state index is 0.286. The molecule has 0 fully saturated rings. The Bertz CT molecular complexity index is 1130. The molecule has 0 radical (unpaired) electrons. The summed E-state index contributed by atoms with van der Waals surface area (Å²) in [7, 11) is 0. The molecule has 1 heterocycles. The monoisotopic (exact) mass is 403 g/mol. The van der Waals surface area contributed by atoms with Crippen molar-refractivity contribution in [2.75, 3.05) is 6.61 Å². The van der Waals surface area contributed by atoms with Crippen LogP contribution in [0.1, 0.15) is 38.2 Å². The molecule has 0 aliphatic heterocycles. The minimum Gasteiger partial charge on any atom is -0.493 e. The largest absolute Gasteiger partial charge is 0.493 e. The fourth-order valence-electron chi connectivity index (χ4n) is 3.49. The van der Waals surface area contributed by atoms with Crippen LogP contribution in [0.25, 0.3) is 33.7 Å². The maximum Gasteiger partial charge on any atom is 0.227 e. The van der Waals surface area contributed by atoms with Crippen LogP contribution < -0.4 is 4.74 Å². The Balaban J connectivity index is 1.48. The molecule has 0 spiro atoms. The topological polar surface area (TPSA) is 35.3 Å². The third-order valence-electron chi connectivity index (χ3n) is 5.19. The number of ether oxygens (including phenoxy) is 1. The lowest BCUT2D eigenvalue weighted by Gasteiger charge is -2.09. The van der Waals surface area contributed by atoms with Crippen LogP contribution in [-0.2, 0) is 0 Å². The molecule has 1 aromatic heterocycles. The number of aryl methyl sites for hydroxylation is 1. The Labute approximate surface area is 176 Å². The predicted molar refractivity (Wildman–Crippen MR) is 119 cm³/mol. The van der Waals surface area contributed by atoms with E-state index in [1.165, 1.54) is 18.9 Å². The maximum absolute atomic E-state index is 14.7. The molecule has 0 N–H and O–H groups in total. The average molecular weight is 403 g/mol. The number of hydrogen-bond acceptors (Lipinski definition) is 3. The van der Waals surface area contributed by atoms with Crippen LogP contribution in [-0.4, -0.2) is 11.6 Å². The van der Waals surface area contributed by atoms with Gasteiger partial charge in [-0.15, -0.1) is 0 Å². The first kappa shape index (κ1) is 20.1. The summed E-state index contributed by atoms with van der Waals surface area (Å²) >= 11 is 0. The molecule has 0 unspecified atom stereocenters. The lowest BCUT2D eigenvalue weighted by Crippen LogP contribution is -1.98. The predicted octanol–water partition coefficient (Wildman–Crippen LogP) is 7.57. The van der Waals surface area contributed by atoms with Crippen molar-refractivity contribution >= 4 is 11.1 Å². The van der Waals surface area contributed by atoms with Gasteiger partial charge in [-0.25, -0.2) is 9.37 Å². The number of nitrogens with zero attached hydrogens (tertiary/aromatic N) is 1. The lowest BCUT2D eigenvalue weighted by molar-refractivity contribution is 0.303. The van der Waals surface area contributed by atoms with Crippen molar-refractivity contribution in [2.45, 2.75) is 39.5 Å². The van der Waals surface area contributed by atoms with Crippen LogP contribution >= 0.6 is 0 Å². The van der Waals surface area contributed by atoms with Crippen molar-refractivity contribution < 1.29 is 13.5 Å². The molecule has 0 atom stereocenters. The average Bonchev–Trinajstić information content (AvgIpc) is 3.17. The van der Waals surface area contributed by atoms with Crippen molar-refractivity contribution in [3.05, 3.63) is 72.0 Å². The van der Waals surface area contributed by atoms with Gasteiger partial charge in [0, 0.05) is 17.2 Å². The second kappa shape index (κ2) is 9.12. The van der Waals surface area contributed by atoms with Crippen LogP contribution in [0.5, 0.6) is 5.75 Å². The van der Waals surface area contributed by atoms with E-state index in [1.807, 2.05) is 55.5 Å². The van der Waals surface area contributed by atoms with Gasteiger partial charge in [-0.3, -0.25) is 0 Å². The third-order valence-corrected chi connectivity index (χ3v) is 5.19. The zero-order valence-corrected chi connectivity index (χ0v) is 17.5. The van der Waals surface area contributed by atoms with Gasteiger partial charge in [0.15, 0.2) is 5.58 Å². The van der Waals surface area contributed by atoms with Gasteiger partial charge < -0.3 is 9.15 Å². The second-order valence-electron chi connectivity index (χ2n) is 7.62. The fraction of sp³-hybridized carbons (Fsp3) is 0.269. The van der Waals surface area contributed by atoms with E-state index in [-0.39, 0.29) is 5.82 Å². The number of unbranched alkanes of at least 4 members (excludes halogenated alkanes) is 3. The number of hydrogen-bond donors (Lipinski definition) is 0. The third kappa shape index (κ3) is 4.54. The Hall–Kier alpha value is -3.14. The Morgan fingerprint density at radius 1 is 0.900 bits per heavy atom. The zero-order chi connectivity index (χ0) is 20.9. The van der Waals surface area contributed by atoms with Gasteiger partial charge in [0.25, 0.3) is 0 Å². The normalized spacial score (nSPS) is 11.2. The van der Waals surface area contributed by atoms with E-state index in [1.54, 1.807) is 6.07 Å². The van der Waals surface area contributed by atoms with E-state index in [4.69, 9.17) is 9.15 Å². The van der Waals surface area contributed by atoms with Gasteiger partial charge in [-0.2, -0.15) is 0 Å². The van der Waals surface area contributed by atoms with Gasteiger partial charge in [0.1, 0.15) is 17.1 Å². The molecular weight excluding hydrogens is 377 g/mol. The summed E-state index contributed by atoms with van der Waals surface area (Å²) in [5.41, 5.74) is 4.95. The van der Waals surface area contributed by atoms with Gasteiger partial charge >= 0.3 is 0 Å². The summed E-state index contributed by atoms with van der Waals surface area (Å²) in [6, 6.07) is 18.6. The zero-order valence-electron chi connectivity index (χ0n) is 17.5. The number of aromatic nitrogens is 1. The van der Waals surface area contributed by atoms with Gasteiger partial charge in [0.05, 0.1) is 6.61 Å². The number of benzene rings is 3. The van der Waals surface area contributed by atoms with Gasteiger partial charge in [0.2, 0.25) is 5.89 Å². The molecule has 30 heavy (non-hydrogen) atoms. The van der Waals surface area contributed by atoms with Crippen LogP contribution in [0, 0.1) is 12.7 Å². The minimum atomic E-state index is -0.286. The summed E-state index contributed by atoms with van der Waals surface area (Å²) in [5.74, 6) is 0.853. The molecule has 154 valence electrons. The van der Waals surface area contributed by atoms with Crippen LogP contribution in [0.4, 0.5) is 4.39 Å². The Morgan fingerprint density at radius 3 is 2.47 bits per heavy atom. The van der Waals surface area contributed by atoms with Crippen LogP contribution in [0.2, 0.25) is 0 Å². The van der Waals surface area contributed by atoms with E-state index >= 15 is 0 Å². The number of oxazole rings is 1. The van der Waals surface area contributed by atoms with Crippen molar-refractivity contribution in [3.8, 4) is 28.3 Å². The molecule has 4 rings (SSSR count). The highest BCUT2D eigenvalue weighted by molar-refractivity contribution is 5.77. The molecule has 0 saturated carbocycles. The number of halogens is 1. The van der Waals surface area contributed by atoms with E-state index in [0.717, 1.165) is 40.6 Å². The molecule has 0 aliphatic rings. The highest BCUT2D eigenvalue weighted by atomic mass is 19.1. The number of rotatable bonds is 8. The van der Waals surface area contributed by atoms with Crippen LogP contribution in [0.15, 0.2) is 65.1 Å². The summed E-state index contributed by atoms with van der Waals surface area (Å²) in [4.78, 5) is 4.57. The van der Waals surface area contributed by atoms with Crippen molar-refractivity contribution in [1.82, 2.24) is 4.98 Å². The molecular formula is C26H26FNO2. The highest BCUT2D eigenvalue weighted by Gasteiger charge is 2.11. The summed E-state index contributed by atoms with van der Waals surface area (Å²) < 4.78 is 26.2. The Kier molecular flexibility index (Phi) is 6.12. The number of fused-ring (bicyclic) bond motifs is 1. The van der Waals surface area contributed by atoms with E-state index in [2.05, 4.69) is 11.9 Å². The molecule has 3 nitrogen and oxygen atoms in total. The molecule has 0 bridgehead atoms. The molecule has 3 aromatic carbocycles. The first-order valence-corrected chi connectivity index (χ1v) is 10.5. The quantitative estimate of drug-likeness (QED) is 0.285. The summed E-state index contributed by atoms with van der Waals surface area (Å²) in [6.07, 6.45) is 4.53. The Morgan fingerprint density at radius 2 is 1.70 bits per heavy atom. The standard InChI is InChI=1S/C26H26FNO2/c1-3-4-5-6-15-29-21-12-13-22(23(27)17-21)19-8-10-20(11-9-19)26-28-24-16-18(2)7-14-25(24)30-26/h7-14,16-17H,3-6,15H2,1-2H3. The van der Waals surface area contributed by atoms with E-state index < -0.39 is 0 Å². The van der Waals surface area contributed by atoms with Gasteiger partial charge in [-0.1, -0.05) is 44.4 Å². The first-order chi connectivity index (χ1) is 14.6. The smallest absolute Gasteiger partial charge is 0.227 e. The van der Waals surface area contributed by atoms with Crippen LogP contribution in [0.3, 0.4) is 0 Å².